The number of pyridine rings is 1. The lowest BCUT2D eigenvalue weighted by molar-refractivity contribution is 0.262. The van der Waals surface area contributed by atoms with Crippen LogP contribution in [0.3, 0.4) is 0 Å². The minimum Gasteiger partial charge on any atom is -0.497 e. The lowest BCUT2D eigenvalue weighted by Crippen LogP contribution is -2.19. The summed E-state index contributed by atoms with van der Waals surface area (Å²) >= 11 is 0. The van der Waals surface area contributed by atoms with E-state index in [1.54, 1.807) is 61.8 Å². The van der Waals surface area contributed by atoms with Crippen LogP contribution < -0.4 is 30.4 Å². The number of carbonyl (C=O) groups is 1. The molecule has 9 nitrogen and oxygen atoms in total. The molecule has 0 spiro atoms. The number of rotatable bonds is 7. The molecule has 9 heteroatoms. The second-order valence-corrected chi connectivity index (χ2v) is 7.48. The first-order valence-corrected chi connectivity index (χ1v) is 10.5. The van der Waals surface area contributed by atoms with E-state index in [1.807, 2.05) is 13.0 Å². The Morgan fingerprint density at radius 3 is 2.44 bits per heavy atom. The molecule has 174 valence electrons. The van der Waals surface area contributed by atoms with Gasteiger partial charge in [0, 0.05) is 24.0 Å². The zero-order valence-electron chi connectivity index (χ0n) is 19.0. The molecule has 34 heavy (non-hydrogen) atoms. The second-order valence-electron chi connectivity index (χ2n) is 7.48. The highest BCUT2D eigenvalue weighted by molar-refractivity contribution is 6.00. The van der Waals surface area contributed by atoms with Crippen LogP contribution in [0, 0.1) is 6.92 Å². The quantitative estimate of drug-likeness (QED) is 0.428. The van der Waals surface area contributed by atoms with Crippen molar-refractivity contribution in [1.82, 2.24) is 9.38 Å². The summed E-state index contributed by atoms with van der Waals surface area (Å²) in [6.45, 7) is 2.06. The molecule has 0 unspecified atom stereocenters. The van der Waals surface area contributed by atoms with Gasteiger partial charge in [-0.3, -0.25) is 9.20 Å². The third-order valence-electron chi connectivity index (χ3n) is 5.01. The Morgan fingerprint density at radius 2 is 1.71 bits per heavy atom. The molecule has 2 aromatic heterocycles. The molecule has 0 aliphatic carbocycles. The largest absolute Gasteiger partial charge is 0.497 e. The van der Waals surface area contributed by atoms with Gasteiger partial charge in [0.1, 0.15) is 29.5 Å². The van der Waals surface area contributed by atoms with Crippen molar-refractivity contribution in [3.63, 3.8) is 0 Å². The molecule has 0 fully saturated rings. The van der Waals surface area contributed by atoms with Crippen LogP contribution >= 0.6 is 0 Å². The molecule has 0 aliphatic rings. The molecule has 0 saturated carbocycles. The van der Waals surface area contributed by atoms with Gasteiger partial charge < -0.3 is 24.8 Å². The summed E-state index contributed by atoms with van der Waals surface area (Å²) in [5, 5.41) is 5.50. The van der Waals surface area contributed by atoms with Gasteiger partial charge in [-0.05, 0) is 55.0 Å². The second kappa shape index (κ2) is 9.95. The summed E-state index contributed by atoms with van der Waals surface area (Å²) in [4.78, 5) is 29.2. The van der Waals surface area contributed by atoms with Crippen LogP contribution in [0.4, 0.5) is 16.2 Å². The highest BCUT2D eigenvalue weighted by Crippen LogP contribution is 2.29. The normalized spacial score (nSPS) is 10.6. The number of urea groups is 1. The first kappa shape index (κ1) is 22.7. The molecule has 0 radical (unpaired) electrons. The fraction of sp³-hybridized carbons (Fsp3) is 0.160. The van der Waals surface area contributed by atoms with Crippen molar-refractivity contribution in [3.05, 3.63) is 88.5 Å². The van der Waals surface area contributed by atoms with Crippen LogP contribution in [-0.4, -0.2) is 29.6 Å². The summed E-state index contributed by atoms with van der Waals surface area (Å²) in [6, 6.07) is 16.7. The van der Waals surface area contributed by atoms with Gasteiger partial charge in [0.15, 0.2) is 0 Å². The zero-order chi connectivity index (χ0) is 24.1. The minimum atomic E-state index is -0.434. The van der Waals surface area contributed by atoms with Gasteiger partial charge >= 0.3 is 6.03 Å². The van der Waals surface area contributed by atoms with E-state index in [-0.39, 0.29) is 12.2 Å². The molecule has 2 heterocycles. The smallest absolute Gasteiger partial charge is 0.323 e. The molecule has 0 saturated heterocycles. The van der Waals surface area contributed by atoms with E-state index in [0.29, 0.717) is 40.0 Å². The van der Waals surface area contributed by atoms with Gasteiger partial charge in [0.05, 0.1) is 25.6 Å². The van der Waals surface area contributed by atoms with Gasteiger partial charge in [-0.15, -0.1) is 0 Å². The minimum absolute atomic E-state index is 0.141. The van der Waals surface area contributed by atoms with Crippen molar-refractivity contribution in [2.45, 2.75) is 13.5 Å². The molecule has 0 bridgehead atoms. The number of aromatic nitrogens is 2. The van der Waals surface area contributed by atoms with E-state index in [4.69, 9.17) is 14.2 Å². The third kappa shape index (κ3) is 5.26. The standard InChI is InChI=1S/C25H24N4O5/c1-16-4-11-23-26-18(12-24(30)29(23)14-16)15-34-19-7-5-17(6-8-19)27-25(31)28-21-13-20(32-2)9-10-22(21)33-3/h4-14H,15H2,1-3H3,(H2,27,28,31). The van der Waals surface area contributed by atoms with Crippen LogP contribution in [0.15, 0.2) is 71.7 Å². The predicted molar refractivity (Wildman–Crippen MR) is 129 cm³/mol. The maximum Gasteiger partial charge on any atom is 0.323 e. The van der Waals surface area contributed by atoms with Crippen molar-refractivity contribution >= 4 is 23.1 Å². The summed E-state index contributed by atoms with van der Waals surface area (Å²) in [6.07, 6.45) is 1.75. The molecule has 2 amide bonds. The summed E-state index contributed by atoms with van der Waals surface area (Å²) in [5.41, 5.74) is 2.96. The molecule has 2 aromatic carbocycles. The van der Waals surface area contributed by atoms with Gasteiger partial charge in [0.25, 0.3) is 5.56 Å². The number of nitrogens with one attached hydrogen (secondary N) is 2. The Hall–Kier alpha value is -4.53. The maximum atomic E-state index is 12.4. The first-order chi connectivity index (χ1) is 16.4. The fourth-order valence-electron chi connectivity index (χ4n) is 3.32. The highest BCUT2D eigenvalue weighted by Gasteiger charge is 2.10. The van der Waals surface area contributed by atoms with Crippen molar-refractivity contribution in [2.75, 3.05) is 24.9 Å². The number of fused-ring (bicyclic) bond motifs is 1. The number of hydrogen-bond acceptors (Lipinski definition) is 6. The third-order valence-corrected chi connectivity index (χ3v) is 5.01. The molecule has 2 N–H and O–H groups in total. The van der Waals surface area contributed by atoms with Crippen molar-refractivity contribution < 1.29 is 19.0 Å². The number of nitrogens with zero attached hydrogens (tertiary/aromatic N) is 2. The highest BCUT2D eigenvalue weighted by atomic mass is 16.5. The molecule has 4 rings (SSSR count). The number of ether oxygens (including phenoxy) is 3. The van der Waals surface area contributed by atoms with Gasteiger partial charge in [0.2, 0.25) is 0 Å². The van der Waals surface area contributed by atoms with Crippen LogP contribution in [0.5, 0.6) is 17.2 Å². The lowest BCUT2D eigenvalue weighted by atomic mass is 10.2. The number of hydrogen-bond donors (Lipinski definition) is 2. The van der Waals surface area contributed by atoms with E-state index >= 15 is 0 Å². The average Bonchev–Trinajstić information content (AvgIpc) is 2.84. The average molecular weight is 460 g/mol. The fourth-order valence-corrected chi connectivity index (χ4v) is 3.32. The number of carbonyl (C=O) groups excluding carboxylic acids is 1. The molecular weight excluding hydrogens is 436 g/mol. The van der Waals surface area contributed by atoms with Crippen LogP contribution in [-0.2, 0) is 6.61 Å². The Labute approximate surface area is 195 Å². The number of benzene rings is 2. The van der Waals surface area contributed by atoms with Crippen molar-refractivity contribution in [3.8, 4) is 17.2 Å². The number of methoxy groups -OCH3 is 2. The van der Waals surface area contributed by atoms with E-state index in [9.17, 15) is 9.59 Å². The lowest BCUT2D eigenvalue weighted by Gasteiger charge is -2.13. The molecular formula is C25H24N4O5. The van der Waals surface area contributed by atoms with Crippen LogP contribution in [0.25, 0.3) is 5.65 Å². The summed E-state index contributed by atoms with van der Waals surface area (Å²) < 4.78 is 17.7. The number of anilines is 2. The molecule has 4 aromatic rings. The zero-order valence-corrected chi connectivity index (χ0v) is 19.0. The molecule has 0 aliphatic heterocycles. The first-order valence-electron chi connectivity index (χ1n) is 10.5. The topological polar surface area (TPSA) is 103 Å². The van der Waals surface area contributed by atoms with Crippen molar-refractivity contribution in [1.29, 1.82) is 0 Å². The van der Waals surface area contributed by atoms with Gasteiger partial charge in [-0.25, -0.2) is 9.78 Å². The van der Waals surface area contributed by atoms with Gasteiger partial charge in [-0.2, -0.15) is 0 Å². The monoisotopic (exact) mass is 460 g/mol. The van der Waals surface area contributed by atoms with Crippen molar-refractivity contribution in [2.24, 2.45) is 0 Å². The Morgan fingerprint density at radius 1 is 0.941 bits per heavy atom. The van der Waals surface area contributed by atoms with Crippen LogP contribution in [0.1, 0.15) is 11.3 Å². The predicted octanol–water partition coefficient (Wildman–Crippen LogP) is 4.24. The number of aryl methyl sites for hydroxylation is 1. The van der Waals surface area contributed by atoms with Crippen LogP contribution in [0.2, 0.25) is 0 Å². The van der Waals surface area contributed by atoms with E-state index < -0.39 is 6.03 Å². The maximum absolute atomic E-state index is 12.4. The summed E-state index contributed by atoms with van der Waals surface area (Å²) in [5.74, 6) is 1.68. The van der Waals surface area contributed by atoms with E-state index in [1.165, 1.54) is 17.6 Å². The SMILES string of the molecule is COc1ccc(OC)c(NC(=O)Nc2ccc(OCc3cc(=O)n4cc(C)ccc4n3)cc2)c1. The Bertz CT molecular complexity index is 1380. The Balaban J connectivity index is 1.37. The van der Waals surface area contributed by atoms with Gasteiger partial charge in [-0.1, -0.05) is 6.07 Å². The number of amides is 2. The molecule has 0 atom stereocenters. The van der Waals surface area contributed by atoms with E-state index in [0.717, 1.165) is 5.56 Å². The Kier molecular flexibility index (Phi) is 6.63. The summed E-state index contributed by atoms with van der Waals surface area (Å²) in [7, 11) is 3.07. The van der Waals surface area contributed by atoms with E-state index in [2.05, 4.69) is 15.6 Å².